The fourth-order valence-electron chi connectivity index (χ4n) is 4.84. The maximum Gasteiger partial charge on any atom is 0.424 e. The number of benzene rings is 2. The van der Waals surface area contributed by atoms with Crippen LogP contribution in [0, 0.1) is 5.82 Å². The Balaban J connectivity index is 1.55. The maximum atomic E-state index is 14.7. The fourth-order valence-corrected chi connectivity index (χ4v) is 5.02. The molecule has 1 atom stereocenters. The zero-order valence-corrected chi connectivity index (χ0v) is 24.2. The van der Waals surface area contributed by atoms with Crippen molar-refractivity contribution in [1.82, 2.24) is 15.3 Å². The summed E-state index contributed by atoms with van der Waals surface area (Å²) in [7, 11) is 1.29. The number of aromatic nitrogens is 2. The third kappa shape index (κ3) is 5.37. The summed E-state index contributed by atoms with van der Waals surface area (Å²) < 4.78 is 68.9. The summed E-state index contributed by atoms with van der Waals surface area (Å²) in [5, 5.41) is 13.4. The Morgan fingerprint density at radius 2 is 1.86 bits per heavy atom. The number of carbonyl (C=O) groups is 2. The second-order valence-electron chi connectivity index (χ2n) is 10.9. The summed E-state index contributed by atoms with van der Waals surface area (Å²) in [5.74, 6) is -2.27. The van der Waals surface area contributed by atoms with Crippen LogP contribution in [-0.2, 0) is 11.0 Å². The number of ether oxygens (including phenoxy) is 2. The van der Waals surface area contributed by atoms with Gasteiger partial charge < -0.3 is 25.6 Å². The molecule has 2 aromatic heterocycles. The molecule has 4 aromatic rings. The molecule has 4 N–H and O–H groups in total. The third-order valence-electron chi connectivity index (χ3n) is 7.36. The van der Waals surface area contributed by atoms with Gasteiger partial charge in [-0.25, -0.2) is 14.4 Å². The van der Waals surface area contributed by atoms with Crippen molar-refractivity contribution < 1.29 is 41.7 Å². The topological polar surface area (TPSA) is 137 Å². The van der Waals surface area contributed by atoms with Gasteiger partial charge in [0.05, 0.1) is 31.0 Å². The van der Waals surface area contributed by atoms with Gasteiger partial charge in [-0.05, 0) is 42.5 Å². The van der Waals surface area contributed by atoms with E-state index < -0.39 is 47.1 Å². The van der Waals surface area contributed by atoms with E-state index >= 15 is 0 Å². The van der Waals surface area contributed by atoms with Crippen LogP contribution in [0.5, 0.6) is 11.5 Å². The molecule has 0 bridgehead atoms. The average Bonchev–Trinajstić information content (AvgIpc) is 3.29. The first-order chi connectivity index (χ1) is 20.6. The minimum Gasteiger partial charge on any atom is -0.494 e. The Bertz CT molecular complexity index is 1830. The molecule has 1 aliphatic rings. The van der Waals surface area contributed by atoms with E-state index in [2.05, 4.69) is 15.3 Å². The zero-order valence-electron chi connectivity index (χ0n) is 23.5. The molecule has 5 rings (SSSR count). The lowest BCUT2D eigenvalue weighted by Gasteiger charge is -2.31. The van der Waals surface area contributed by atoms with Gasteiger partial charge in [-0.2, -0.15) is 13.2 Å². The first-order valence-corrected chi connectivity index (χ1v) is 13.4. The van der Waals surface area contributed by atoms with Crippen molar-refractivity contribution in [3.63, 3.8) is 0 Å². The Morgan fingerprint density at radius 3 is 2.50 bits per heavy atom. The average molecular weight is 633 g/mol. The Kier molecular flexibility index (Phi) is 7.67. The number of nitrogens with zero attached hydrogens (tertiary/aromatic N) is 2. The molecular weight excluding hydrogens is 608 g/mol. The van der Waals surface area contributed by atoms with Crippen molar-refractivity contribution >= 4 is 34.3 Å². The van der Waals surface area contributed by atoms with Crippen molar-refractivity contribution in [2.75, 3.05) is 20.3 Å². The number of fused-ring (bicyclic) bond motifs is 2. The van der Waals surface area contributed by atoms with Crippen LogP contribution in [0.2, 0.25) is 5.02 Å². The van der Waals surface area contributed by atoms with E-state index in [1.807, 2.05) is 0 Å². The number of primary amides is 1. The SMILES string of the molecule is COc1cc(C(=O)NCC(O)(c2cc3c(c(-c4ccc(F)c(Cl)c4)n2)OCC3(C)C)C(F)(F)F)cc2ccc(C(N)=O)nc12. The highest BCUT2D eigenvalue weighted by atomic mass is 35.5. The molecule has 0 spiro atoms. The van der Waals surface area contributed by atoms with E-state index in [-0.39, 0.29) is 51.2 Å². The number of aliphatic hydroxyl groups is 1. The molecule has 1 aliphatic heterocycles. The minimum absolute atomic E-state index is 0.0547. The number of nitrogens with one attached hydrogen (secondary N) is 1. The molecule has 14 heteroatoms. The van der Waals surface area contributed by atoms with Crippen LogP contribution in [0.25, 0.3) is 22.2 Å². The monoisotopic (exact) mass is 632 g/mol. The highest BCUT2D eigenvalue weighted by Crippen LogP contribution is 2.48. The second-order valence-corrected chi connectivity index (χ2v) is 11.3. The van der Waals surface area contributed by atoms with Crippen molar-refractivity contribution in [3.8, 4) is 22.8 Å². The van der Waals surface area contributed by atoms with Gasteiger partial charge in [0.15, 0.2) is 0 Å². The summed E-state index contributed by atoms with van der Waals surface area (Å²) in [6.45, 7) is 2.28. The largest absolute Gasteiger partial charge is 0.494 e. The molecule has 230 valence electrons. The molecular formula is C30H25ClF4N4O5. The number of pyridine rings is 2. The van der Waals surface area contributed by atoms with Crippen LogP contribution in [0.3, 0.4) is 0 Å². The Hall–Kier alpha value is -4.49. The molecule has 3 heterocycles. The van der Waals surface area contributed by atoms with Crippen LogP contribution in [0.4, 0.5) is 17.6 Å². The number of carbonyl (C=O) groups excluding carboxylic acids is 2. The third-order valence-corrected chi connectivity index (χ3v) is 7.65. The van der Waals surface area contributed by atoms with Crippen molar-refractivity contribution in [3.05, 3.63) is 81.9 Å². The summed E-state index contributed by atoms with van der Waals surface area (Å²) in [4.78, 5) is 32.9. The Labute approximate surface area is 253 Å². The van der Waals surface area contributed by atoms with Gasteiger partial charge in [0.25, 0.3) is 11.8 Å². The van der Waals surface area contributed by atoms with Gasteiger partial charge in [-0.1, -0.05) is 31.5 Å². The molecule has 0 saturated heterocycles. The number of halogens is 5. The molecule has 0 fully saturated rings. The molecule has 2 amide bonds. The zero-order chi connectivity index (χ0) is 32.2. The van der Waals surface area contributed by atoms with Gasteiger partial charge in [0, 0.05) is 27.5 Å². The second kappa shape index (κ2) is 10.9. The van der Waals surface area contributed by atoms with Crippen molar-refractivity contribution in [2.24, 2.45) is 5.73 Å². The van der Waals surface area contributed by atoms with E-state index in [0.29, 0.717) is 10.9 Å². The van der Waals surface area contributed by atoms with Gasteiger partial charge in [0.2, 0.25) is 5.60 Å². The van der Waals surface area contributed by atoms with Crippen molar-refractivity contribution in [1.29, 1.82) is 0 Å². The normalized spacial score (nSPS) is 15.3. The van der Waals surface area contributed by atoms with Gasteiger partial charge in [0.1, 0.15) is 34.2 Å². The number of nitrogens with two attached hydrogens (primary N) is 1. The highest BCUT2D eigenvalue weighted by Gasteiger charge is 2.57. The van der Waals surface area contributed by atoms with Crippen LogP contribution >= 0.6 is 11.6 Å². The Morgan fingerprint density at radius 1 is 1.14 bits per heavy atom. The lowest BCUT2D eigenvalue weighted by Crippen LogP contribution is -2.51. The summed E-state index contributed by atoms with van der Waals surface area (Å²) in [6, 6.07) is 9.95. The van der Waals surface area contributed by atoms with Crippen LogP contribution in [-0.4, -0.2) is 53.3 Å². The molecule has 1 unspecified atom stereocenters. The number of amides is 2. The van der Waals surface area contributed by atoms with Crippen LogP contribution in [0.15, 0.2) is 48.5 Å². The highest BCUT2D eigenvalue weighted by molar-refractivity contribution is 6.31. The number of rotatable bonds is 7. The van der Waals surface area contributed by atoms with Crippen LogP contribution in [0.1, 0.15) is 46.0 Å². The molecule has 0 radical (unpaired) electrons. The number of hydrogen-bond donors (Lipinski definition) is 3. The first kappa shape index (κ1) is 31.0. The quantitative estimate of drug-likeness (QED) is 0.243. The van der Waals surface area contributed by atoms with Crippen molar-refractivity contribution in [2.45, 2.75) is 31.0 Å². The molecule has 44 heavy (non-hydrogen) atoms. The number of alkyl halides is 3. The summed E-state index contributed by atoms with van der Waals surface area (Å²) in [5.41, 5.74) is 0.494. The lowest BCUT2D eigenvalue weighted by atomic mass is 9.84. The lowest BCUT2D eigenvalue weighted by molar-refractivity contribution is -0.265. The number of hydrogen-bond acceptors (Lipinski definition) is 7. The molecule has 9 nitrogen and oxygen atoms in total. The number of methoxy groups -OCH3 is 1. The van der Waals surface area contributed by atoms with E-state index in [1.165, 1.54) is 43.5 Å². The smallest absolute Gasteiger partial charge is 0.424 e. The van der Waals surface area contributed by atoms with E-state index in [1.54, 1.807) is 13.8 Å². The predicted octanol–water partition coefficient (Wildman–Crippen LogP) is 5.05. The molecule has 0 aliphatic carbocycles. The molecule has 2 aromatic carbocycles. The van der Waals surface area contributed by atoms with Gasteiger partial charge >= 0.3 is 6.18 Å². The minimum atomic E-state index is -5.31. The fraction of sp³-hybridized carbons (Fsp3) is 0.267. The maximum absolute atomic E-state index is 14.7. The van der Waals surface area contributed by atoms with Gasteiger partial charge in [-0.3, -0.25) is 9.59 Å². The first-order valence-electron chi connectivity index (χ1n) is 13.1. The summed E-state index contributed by atoms with van der Waals surface area (Å²) >= 11 is 5.94. The van der Waals surface area contributed by atoms with E-state index in [0.717, 1.165) is 12.1 Å². The van der Waals surface area contributed by atoms with Crippen LogP contribution < -0.4 is 20.5 Å². The molecule has 0 saturated carbocycles. The predicted molar refractivity (Wildman–Crippen MR) is 152 cm³/mol. The summed E-state index contributed by atoms with van der Waals surface area (Å²) in [6.07, 6.45) is -5.31. The standard InChI is InChI=1S/C30H25ClF4N4O5/c1-28(2)13-44-25-17(28)11-22(39-24(25)15-4-6-19(32)18(31)9-15)29(42,30(33,34)35)12-37-27(41)16-8-14-5-7-20(26(36)40)38-23(14)21(10-16)43-3/h4-11,42H,12-13H2,1-3H3,(H2,36,40)(H,37,41). The van der Waals surface area contributed by atoms with Gasteiger partial charge in [-0.15, -0.1) is 0 Å². The van der Waals surface area contributed by atoms with E-state index in [4.69, 9.17) is 26.8 Å². The van der Waals surface area contributed by atoms with E-state index in [9.17, 15) is 32.3 Å².